The lowest BCUT2D eigenvalue weighted by Gasteiger charge is -2.34. The Morgan fingerprint density at radius 2 is 2.04 bits per heavy atom. The number of carbonyl (C=O) groups excluding carboxylic acids is 1. The Balaban J connectivity index is 1.46. The molecule has 3 rings (SSSR count). The van der Waals surface area contributed by atoms with E-state index in [0.29, 0.717) is 16.1 Å². The van der Waals surface area contributed by atoms with Gasteiger partial charge in [0, 0.05) is 38.3 Å². The Labute approximate surface area is 158 Å². The smallest absolute Gasteiger partial charge is 0.318 e. The van der Waals surface area contributed by atoms with Gasteiger partial charge in [0.1, 0.15) is 0 Å². The van der Waals surface area contributed by atoms with Crippen molar-refractivity contribution in [3.63, 3.8) is 0 Å². The lowest BCUT2D eigenvalue weighted by molar-refractivity contribution is 0.133. The summed E-state index contributed by atoms with van der Waals surface area (Å²) in [6, 6.07) is 4.91. The van der Waals surface area contributed by atoms with E-state index in [-0.39, 0.29) is 12.1 Å². The molecule has 1 N–H and O–H groups in total. The van der Waals surface area contributed by atoms with E-state index in [1.165, 1.54) is 0 Å². The van der Waals surface area contributed by atoms with Crippen molar-refractivity contribution in [2.24, 2.45) is 0 Å². The van der Waals surface area contributed by atoms with Crippen LogP contribution in [-0.2, 0) is 4.74 Å². The van der Waals surface area contributed by atoms with Gasteiger partial charge in [-0.1, -0.05) is 35.0 Å². The molecule has 5 nitrogen and oxygen atoms in total. The van der Waals surface area contributed by atoms with Crippen LogP contribution in [0.5, 0.6) is 0 Å². The second-order valence-corrected chi connectivity index (χ2v) is 7.13. The molecule has 2 unspecified atom stereocenters. The van der Waals surface area contributed by atoms with Gasteiger partial charge in [-0.05, 0) is 25.1 Å². The van der Waals surface area contributed by atoms with Crippen molar-refractivity contribution in [2.75, 3.05) is 39.3 Å². The third kappa shape index (κ3) is 5.52. The van der Waals surface area contributed by atoms with Gasteiger partial charge in [0.2, 0.25) is 0 Å². The quantitative estimate of drug-likeness (QED) is 0.646. The third-order valence-corrected chi connectivity index (χ3v) is 4.96. The van der Waals surface area contributed by atoms with Crippen LogP contribution in [-0.4, -0.2) is 67.3 Å². The SMILES string of the molecule is CC(C#Cc1ccc(Cl)c(Cl)c1)NC(=O)N1CCN(CC2CO2)CC1. The fourth-order valence-corrected chi connectivity index (χ4v) is 2.97. The number of rotatable bonds is 3. The summed E-state index contributed by atoms with van der Waals surface area (Å²) in [5.41, 5.74) is 0.770. The fraction of sp³-hybridized carbons (Fsp3) is 0.500. The van der Waals surface area contributed by atoms with Crippen molar-refractivity contribution in [1.29, 1.82) is 0 Å². The van der Waals surface area contributed by atoms with E-state index in [4.69, 9.17) is 27.9 Å². The summed E-state index contributed by atoms with van der Waals surface area (Å²) in [6.07, 6.45) is 0.400. The monoisotopic (exact) mass is 381 g/mol. The van der Waals surface area contributed by atoms with Gasteiger partial charge in [0.25, 0.3) is 0 Å². The lowest BCUT2D eigenvalue weighted by Crippen LogP contribution is -2.53. The molecule has 2 aliphatic rings. The molecule has 2 fully saturated rings. The first-order valence-corrected chi connectivity index (χ1v) is 9.13. The van der Waals surface area contributed by atoms with E-state index in [9.17, 15) is 4.79 Å². The number of ether oxygens (including phenoxy) is 1. The van der Waals surface area contributed by atoms with Gasteiger partial charge in [0.05, 0.1) is 28.8 Å². The highest BCUT2D eigenvalue weighted by Crippen LogP contribution is 2.22. The van der Waals surface area contributed by atoms with E-state index in [1.807, 2.05) is 11.8 Å². The Kier molecular flexibility index (Phi) is 6.08. The number of benzene rings is 1. The number of nitrogens with zero attached hydrogens (tertiary/aromatic N) is 2. The summed E-state index contributed by atoms with van der Waals surface area (Å²) in [5.74, 6) is 6.03. The summed E-state index contributed by atoms with van der Waals surface area (Å²) in [6.45, 7) is 6.93. The van der Waals surface area contributed by atoms with Crippen molar-refractivity contribution < 1.29 is 9.53 Å². The zero-order valence-electron chi connectivity index (χ0n) is 14.1. The predicted molar refractivity (Wildman–Crippen MR) is 99.1 cm³/mol. The van der Waals surface area contributed by atoms with Crippen LogP contribution < -0.4 is 5.32 Å². The van der Waals surface area contributed by atoms with Crippen LogP contribution >= 0.6 is 23.2 Å². The zero-order valence-corrected chi connectivity index (χ0v) is 15.6. The largest absolute Gasteiger partial charge is 0.372 e. The van der Waals surface area contributed by atoms with Crippen molar-refractivity contribution in [2.45, 2.75) is 19.1 Å². The Morgan fingerprint density at radius 1 is 1.32 bits per heavy atom. The van der Waals surface area contributed by atoms with Crippen molar-refractivity contribution >= 4 is 29.2 Å². The van der Waals surface area contributed by atoms with Gasteiger partial charge in [0.15, 0.2) is 0 Å². The van der Waals surface area contributed by atoms with Gasteiger partial charge < -0.3 is 15.0 Å². The molecule has 2 aliphatic heterocycles. The van der Waals surface area contributed by atoms with Gasteiger partial charge in [-0.15, -0.1) is 0 Å². The zero-order chi connectivity index (χ0) is 17.8. The number of urea groups is 1. The first kappa shape index (κ1) is 18.3. The van der Waals surface area contributed by atoms with Crippen LogP contribution in [0, 0.1) is 11.8 Å². The molecule has 2 heterocycles. The summed E-state index contributed by atoms with van der Waals surface area (Å²) in [5, 5.41) is 3.90. The summed E-state index contributed by atoms with van der Waals surface area (Å²) >= 11 is 11.9. The molecule has 0 aromatic heterocycles. The second-order valence-electron chi connectivity index (χ2n) is 6.31. The fourth-order valence-electron chi connectivity index (χ4n) is 2.67. The molecule has 1 aromatic carbocycles. The minimum atomic E-state index is -0.250. The molecule has 1 aromatic rings. The summed E-state index contributed by atoms with van der Waals surface area (Å²) in [7, 11) is 0. The average molecular weight is 382 g/mol. The van der Waals surface area contributed by atoms with Crippen LogP contribution in [0.4, 0.5) is 4.79 Å². The topological polar surface area (TPSA) is 48.1 Å². The molecule has 7 heteroatoms. The van der Waals surface area contributed by atoms with Crippen molar-refractivity contribution in [3.05, 3.63) is 33.8 Å². The molecule has 0 radical (unpaired) electrons. The van der Waals surface area contributed by atoms with Crippen LogP contribution in [0.15, 0.2) is 18.2 Å². The highest BCUT2D eigenvalue weighted by molar-refractivity contribution is 6.42. The molecule has 2 saturated heterocycles. The lowest BCUT2D eigenvalue weighted by atomic mass is 10.2. The molecule has 2 atom stereocenters. The van der Waals surface area contributed by atoms with E-state index in [2.05, 4.69) is 22.1 Å². The van der Waals surface area contributed by atoms with E-state index in [1.54, 1.807) is 18.2 Å². The number of amides is 2. The normalized spacial score (nSPS) is 21.2. The molecule has 134 valence electrons. The Hall–Kier alpha value is -1.45. The molecule has 25 heavy (non-hydrogen) atoms. The molecule has 0 spiro atoms. The number of carbonyl (C=O) groups is 1. The van der Waals surface area contributed by atoms with E-state index in [0.717, 1.165) is 44.9 Å². The maximum Gasteiger partial charge on any atom is 0.318 e. The first-order valence-electron chi connectivity index (χ1n) is 8.37. The highest BCUT2D eigenvalue weighted by Gasteiger charge is 2.28. The first-order chi connectivity index (χ1) is 12.0. The molecule has 0 saturated carbocycles. The van der Waals surface area contributed by atoms with Gasteiger partial charge >= 0.3 is 6.03 Å². The summed E-state index contributed by atoms with van der Waals surface area (Å²) in [4.78, 5) is 16.5. The van der Waals surface area contributed by atoms with Gasteiger partial charge in [-0.2, -0.15) is 0 Å². The van der Waals surface area contributed by atoms with E-state index >= 15 is 0 Å². The van der Waals surface area contributed by atoms with Gasteiger partial charge in [-0.25, -0.2) is 4.79 Å². The number of nitrogens with one attached hydrogen (secondary N) is 1. The molecule has 0 bridgehead atoms. The van der Waals surface area contributed by atoms with Gasteiger partial charge in [-0.3, -0.25) is 4.90 Å². The standard InChI is InChI=1S/C18H21Cl2N3O2/c1-13(2-3-14-4-5-16(19)17(20)10-14)21-18(24)23-8-6-22(7-9-23)11-15-12-25-15/h4-5,10,13,15H,6-9,11-12H2,1H3,(H,21,24). The number of halogens is 2. The van der Waals surface area contributed by atoms with Crippen LogP contribution in [0.3, 0.4) is 0 Å². The molecular weight excluding hydrogens is 361 g/mol. The number of hydrogen-bond donors (Lipinski definition) is 1. The maximum absolute atomic E-state index is 12.3. The minimum absolute atomic E-state index is 0.0711. The maximum atomic E-state index is 12.3. The molecule has 2 amide bonds. The number of epoxide rings is 1. The average Bonchev–Trinajstić information content (AvgIpc) is 3.40. The minimum Gasteiger partial charge on any atom is -0.372 e. The van der Waals surface area contributed by atoms with Crippen LogP contribution in [0.25, 0.3) is 0 Å². The molecular formula is C18H21Cl2N3O2. The molecule has 0 aliphatic carbocycles. The van der Waals surface area contributed by atoms with Crippen molar-refractivity contribution in [1.82, 2.24) is 15.1 Å². The Morgan fingerprint density at radius 3 is 2.68 bits per heavy atom. The Bertz CT molecular complexity index is 689. The highest BCUT2D eigenvalue weighted by atomic mass is 35.5. The number of piperazine rings is 1. The summed E-state index contributed by atoms with van der Waals surface area (Å²) < 4.78 is 5.25. The third-order valence-electron chi connectivity index (χ3n) is 4.22. The van der Waals surface area contributed by atoms with Crippen LogP contribution in [0.1, 0.15) is 12.5 Å². The number of hydrogen-bond acceptors (Lipinski definition) is 3. The second kappa shape index (κ2) is 8.29. The van der Waals surface area contributed by atoms with Crippen molar-refractivity contribution in [3.8, 4) is 11.8 Å². The predicted octanol–water partition coefficient (Wildman–Crippen LogP) is 2.46. The van der Waals surface area contributed by atoms with E-state index < -0.39 is 0 Å². The van der Waals surface area contributed by atoms with Crippen LogP contribution in [0.2, 0.25) is 10.0 Å².